The second-order valence-electron chi connectivity index (χ2n) is 4.54. The lowest BCUT2D eigenvalue weighted by Gasteiger charge is -2.18. The van der Waals surface area contributed by atoms with Crippen molar-refractivity contribution in [1.29, 1.82) is 0 Å². The van der Waals surface area contributed by atoms with Crippen LogP contribution in [0.1, 0.15) is 27.2 Å². The van der Waals surface area contributed by atoms with Crippen LogP contribution in [0.4, 0.5) is 13.2 Å². The van der Waals surface area contributed by atoms with Crippen LogP contribution in [0, 0.1) is 0 Å². The normalized spacial score (nSPS) is 15.2. The van der Waals surface area contributed by atoms with Crippen LogP contribution in [0.5, 0.6) is 0 Å². The molecule has 0 spiro atoms. The van der Waals surface area contributed by atoms with Gasteiger partial charge >= 0.3 is 6.18 Å². The van der Waals surface area contributed by atoms with Gasteiger partial charge < -0.3 is 10.4 Å². The molecule has 0 bridgehead atoms. The zero-order valence-electron chi connectivity index (χ0n) is 9.90. The summed E-state index contributed by atoms with van der Waals surface area (Å²) in [6.45, 7) is 5.46. The van der Waals surface area contributed by atoms with E-state index in [9.17, 15) is 18.3 Å². The monoisotopic (exact) mass is 259 g/mol. The Bertz CT molecular complexity index is 191. The molecular formula is C10H20F3NOS. The molecule has 0 aromatic heterocycles. The quantitative estimate of drug-likeness (QED) is 0.689. The van der Waals surface area contributed by atoms with E-state index in [0.717, 1.165) is 0 Å². The lowest BCUT2D eigenvalue weighted by atomic mass is 10.2. The zero-order chi connectivity index (χ0) is 12.8. The second-order valence-corrected chi connectivity index (χ2v) is 5.64. The summed E-state index contributed by atoms with van der Waals surface area (Å²) in [7, 11) is 0. The number of hydrogen-bond donors (Lipinski definition) is 2. The highest BCUT2D eigenvalue weighted by atomic mass is 32.2. The first-order valence-electron chi connectivity index (χ1n) is 5.20. The average molecular weight is 259 g/mol. The van der Waals surface area contributed by atoms with E-state index < -0.39 is 24.2 Å². The number of thioether (sulfide) groups is 1. The van der Waals surface area contributed by atoms with Gasteiger partial charge in [-0.15, -0.1) is 0 Å². The summed E-state index contributed by atoms with van der Waals surface area (Å²) < 4.78 is 35.9. The average Bonchev–Trinajstić information content (AvgIpc) is 1.97. The first kappa shape index (κ1) is 16.1. The van der Waals surface area contributed by atoms with E-state index in [1.165, 1.54) is 18.7 Å². The highest BCUT2D eigenvalue weighted by Crippen LogP contribution is 2.21. The lowest BCUT2D eigenvalue weighted by molar-refractivity contribution is -0.138. The van der Waals surface area contributed by atoms with Crippen LogP contribution in [0.25, 0.3) is 0 Å². The van der Waals surface area contributed by atoms with Gasteiger partial charge in [0.1, 0.15) is 0 Å². The summed E-state index contributed by atoms with van der Waals surface area (Å²) in [6.07, 6.45) is -4.91. The van der Waals surface area contributed by atoms with Gasteiger partial charge in [-0.1, -0.05) is 0 Å². The van der Waals surface area contributed by atoms with Gasteiger partial charge in [0.15, 0.2) is 0 Å². The van der Waals surface area contributed by atoms with Crippen molar-refractivity contribution in [2.45, 2.75) is 45.0 Å². The van der Waals surface area contributed by atoms with Gasteiger partial charge in [-0.2, -0.15) is 24.9 Å². The van der Waals surface area contributed by atoms with Gasteiger partial charge in [0.05, 0.1) is 12.0 Å². The largest absolute Gasteiger partial charge is 0.390 e. The number of hydrogen-bond acceptors (Lipinski definition) is 3. The molecule has 0 rings (SSSR count). The maximum absolute atomic E-state index is 12.0. The minimum atomic E-state index is -4.10. The minimum absolute atomic E-state index is 0.526. The van der Waals surface area contributed by atoms with E-state index in [1.807, 2.05) is 0 Å². The number of halogens is 3. The van der Waals surface area contributed by atoms with Crippen molar-refractivity contribution in [3.8, 4) is 0 Å². The Balaban J connectivity index is 3.45. The molecule has 2 N–H and O–H groups in total. The van der Waals surface area contributed by atoms with E-state index in [1.54, 1.807) is 13.8 Å². The van der Waals surface area contributed by atoms with E-state index in [2.05, 4.69) is 5.32 Å². The molecule has 0 aromatic carbocycles. The zero-order valence-corrected chi connectivity index (χ0v) is 10.7. The summed E-state index contributed by atoms with van der Waals surface area (Å²) in [5.41, 5.74) is -0.720. The number of nitrogens with one attached hydrogen (secondary N) is 1. The Morgan fingerprint density at radius 1 is 1.31 bits per heavy atom. The van der Waals surface area contributed by atoms with Crippen molar-refractivity contribution >= 4 is 11.8 Å². The molecular weight excluding hydrogens is 239 g/mol. The van der Waals surface area contributed by atoms with Gasteiger partial charge in [0.25, 0.3) is 0 Å². The summed E-state index contributed by atoms with van der Waals surface area (Å²) in [6, 6.07) is -0.553. The van der Waals surface area contributed by atoms with Crippen molar-refractivity contribution in [2.75, 3.05) is 18.1 Å². The Hall–Kier alpha value is 0.0600. The fourth-order valence-electron chi connectivity index (χ4n) is 1.12. The van der Waals surface area contributed by atoms with Gasteiger partial charge in [-0.25, -0.2) is 0 Å². The maximum atomic E-state index is 12.0. The number of rotatable bonds is 7. The molecule has 0 aromatic rings. The molecule has 98 valence electrons. The fourth-order valence-corrected chi connectivity index (χ4v) is 2.02. The third kappa shape index (κ3) is 12.1. The molecule has 1 atom stereocenters. The van der Waals surface area contributed by atoms with Crippen LogP contribution in [-0.4, -0.2) is 41.0 Å². The van der Waals surface area contributed by atoms with Crippen molar-refractivity contribution in [1.82, 2.24) is 5.32 Å². The van der Waals surface area contributed by atoms with Crippen molar-refractivity contribution in [3.05, 3.63) is 0 Å². The van der Waals surface area contributed by atoms with Crippen molar-refractivity contribution in [2.24, 2.45) is 0 Å². The maximum Gasteiger partial charge on any atom is 0.390 e. The Kier molecular flexibility index (Phi) is 6.74. The highest BCUT2D eigenvalue weighted by molar-refractivity contribution is 7.99. The Labute approximate surface area is 99.0 Å². The van der Waals surface area contributed by atoms with E-state index in [4.69, 9.17) is 0 Å². The van der Waals surface area contributed by atoms with E-state index in [0.29, 0.717) is 18.1 Å². The first-order chi connectivity index (χ1) is 7.10. The summed E-state index contributed by atoms with van der Waals surface area (Å²) in [4.78, 5) is 0. The second kappa shape index (κ2) is 6.71. The molecule has 2 nitrogen and oxygen atoms in total. The topological polar surface area (TPSA) is 32.3 Å². The molecule has 0 aliphatic heterocycles. The third-order valence-corrected chi connectivity index (χ3v) is 3.14. The first-order valence-corrected chi connectivity index (χ1v) is 6.36. The van der Waals surface area contributed by atoms with Crippen LogP contribution in [0.3, 0.4) is 0 Å². The van der Waals surface area contributed by atoms with Crippen LogP contribution >= 0.6 is 11.8 Å². The molecule has 0 fully saturated rings. The molecule has 16 heavy (non-hydrogen) atoms. The van der Waals surface area contributed by atoms with Gasteiger partial charge in [0.2, 0.25) is 0 Å². The van der Waals surface area contributed by atoms with Gasteiger partial charge in [-0.05, 0) is 20.8 Å². The van der Waals surface area contributed by atoms with Gasteiger partial charge in [-0.3, -0.25) is 0 Å². The minimum Gasteiger partial charge on any atom is -0.390 e. The fraction of sp³-hybridized carbons (Fsp3) is 1.00. The van der Waals surface area contributed by atoms with Gasteiger partial charge in [0, 0.05) is 24.1 Å². The molecule has 0 saturated carbocycles. The summed E-state index contributed by atoms with van der Waals surface area (Å²) in [5, 5.41) is 12.2. The van der Waals surface area contributed by atoms with Crippen LogP contribution < -0.4 is 5.32 Å². The standard InChI is InChI=1S/C10H20F3NOS/c1-8(6-10(11,12)13)14-4-5-16-7-9(2,3)15/h8,14-15H,4-7H2,1-3H3. The van der Waals surface area contributed by atoms with E-state index >= 15 is 0 Å². The molecule has 0 heterocycles. The predicted octanol–water partition coefficient (Wildman–Crippen LogP) is 2.42. The molecule has 0 aliphatic carbocycles. The molecule has 0 radical (unpaired) electrons. The number of aliphatic hydroxyl groups is 1. The van der Waals surface area contributed by atoms with Crippen molar-refractivity contribution < 1.29 is 18.3 Å². The smallest absolute Gasteiger partial charge is 0.390 e. The summed E-state index contributed by atoms with van der Waals surface area (Å²) in [5.74, 6) is 1.29. The van der Waals surface area contributed by atoms with Crippen LogP contribution in [0.15, 0.2) is 0 Å². The third-order valence-electron chi connectivity index (χ3n) is 1.73. The van der Waals surface area contributed by atoms with E-state index in [-0.39, 0.29) is 0 Å². The molecule has 6 heteroatoms. The Morgan fingerprint density at radius 3 is 2.31 bits per heavy atom. The lowest BCUT2D eigenvalue weighted by Crippen LogP contribution is -2.33. The van der Waals surface area contributed by atoms with Crippen molar-refractivity contribution in [3.63, 3.8) is 0 Å². The Morgan fingerprint density at radius 2 is 1.88 bits per heavy atom. The summed E-state index contributed by atoms with van der Waals surface area (Å²) >= 11 is 1.53. The number of alkyl halides is 3. The molecule has 1 unspecified atom stereocenters. The van der Waals surface area contributed by atoms with Crippen LogP contribution in [0.2, 0.25) is 0 Å². The van der Waals surface area contributed by atoms with Crippen LogP contribution in [-0.2, 0) is 0 Å². The predicted molar refractivity (Wildman–Crippen MR) is 61.8 cm³/mol. The molecule has 0 amide bonds. The molecule has 0 saturated heterocycles. The SMILES string of the molecule is CC(CC(F)(F)F)NCCSCC(C)(C)O. The molecule has 0 aliphatic rings. The highest BCUT2D eigenvalue weighted by Gasteiger charge is 2.29.